The predicted octanol–water partition coefficient (Wildman–Crippen LogP) is 2.06. The van der Waals surface area contributed by atoms with Crippen LogP contribution < -0.4 is 0 Å². The summed E-state index contributed by atoms with van der Waals surface area (Å²) in [6.07, 6.45) is 12.4. The van der Waals surface area contributed by atoms with Gasteiger partial charge in [0.1, 0.15) is 0 Å². The molecule has 0 heterocycles. The minimum absolute atomic E-state index is 0.715. The monoisotopic (exact) mass is 104 g/mol. The van der Waals surface area contributed by atoms with E-state index in [1.165, 1.54) is 12.0 Å². The third kappa shape index (κ3) is 0.460. The summed E-state index contributed by atoms with van der Waals surface area (Å²) in [4.78, 5) is 0. The molecule has 0 saturated carbocycles. The van der Waals surface area contributed by atoms with Gasteiger partial charge in [-0.05, 0) is 17.9 Å². The van der Waals surface area contributed by atoms with E-state index in [1.54, 1.807) is 0 Å². The van der Waals surface area contributed by atoms with Crippen molar-refractivity contribution in [2.24, 2.45) is 5.92 Å². The largest absolute Gasteiger partial charge is 0.0767 e. The molecule has 0 aliphatic heterocycles. The fourth-order valence-corrected chi connectivity index (χ4v) is 1.15. The van der Waals surface area contributed by atoms with Gasteiger partial charge in [0.2, 0.25) is 0 Å². The zero-order chi connectivity index (χ0) is 5.40. The quantitative estimate of drug-likeness (QED) is 0.441. The molecular formula is C8H8. The van der Waals surface area contributed by atoms with Crippen molar-refractivity contribution in [3.63, 3.8) is 0 Å². The van der Waals surface area contributed by atoms with Gasteiger partial charge in [0.25, 0.3) is 0 Å². The van der Waals surface area contributed by atoms with Crippen molar-refractivity contribution in [1.82, 2.24) is 0 Å². The van der Waals surface area contributed by atoms with Gasteiger partial charge in [-0.15, -0.1) is 0 Å². The molecular weight excluding hydrogens is 96.1 g/mol. The van der Waals surface area contributed by atoms with Gasteiger partial charge in [-0.1, -0.05) is 30.4 Å². The van der Waals surface area contributed by atoms with Gasteiger partial charge in [0.15, 0.2) is 0 Å². The Labute approximate surface area is 49.2 Å². The zero-order valence-corrected chi connectivity index (χ0v) is 4.67. The molecule has 0 fully saturated rings. The molecule has 0 spiro atoms. The average molecular weight is 104 g/mol. The van der Waals surface area contributed by atoms with Crippen LogP contribution in [0.15, 0.2) is 36.0 Å². The summed E-state index contributed by atoms with van der Waals surface area (Å²) in [7, 11) is 0. The second kappa shape index (κ2) is 1.35. The molecule has 0 N–H and O–H groups in total. The highest BCUT2D eigenvalue weighted by atomic mass is 14.1. The summed E-state index contributed by atoms with van der Waals surface area (Å²) in [5.74, 6) is 0.715. The van der Waals surface area contributed by atoms with Crippen molar-refractivity contribution >= 4 is 0 Å². The molecule has 3 aliphatic carbocycles. The minimum Gasteiger partial charge on any atom is -0.0767 e. The summed E-state index contributed by atoms with van der Waals surface area (Å²) in [5, 5.41) is 0. The van der Waals surface area contributed by atoms with E-state index in [2.05, 4.69) is 30.4 Å². The van der Waals surface area contributed by atoms with Crippen LogP contribution in [-0.4, -0.2) is 0 Å². The lowest BCUT2D eigenvalue weighted by molar-refractivity contribution is 0.800. The molecule has 0 saturated heterocycles. The Kier molecular flexibility index (Phi) is 0.696. The van der Waals surface area contributed by atoms with E-state index < -0.39 is 0 Å². The van der Waals surface area contributed by atoms with Gasteiger partial charge in [-0.2, -0.15) is 0 Å². The van der Waals surface area contributed by atoms with Crippen LogP contribution in [0.2, 0.25) is 0 Å². The Bertz CT molecular complexity index is 166. The standard InChI is InChI=1S/C8H8/c1-2-8-5-3-7(1)4-6-8/h1-5,8H,6H2. The third-order valence-corrected chi connectivity index (χ3v) is 1.70. The Morgan fingerprint density at radius 1 is 1.25 bits per heavy atom. The van der Waals surface area contributed by atoms with E-state index in [0.717, 1.165) is 0 Å². The molecule has 0 atom stereocenters. The lowest BCUT2D eigenvalue weighted by Gasteiger charge is -2.15. The van der Waals surface area contributed by atoms with Crippen LogP contribution in [0.4, 0.5) is 0 Å². The van der Waals surface area contributed by atoms with Gasteiger partial charge in [-0.25, -0.2) is 0 Å². The lowest BCUT2D eigenvalue weighted by Crippen LogP contribution is -2.00. The number of allylic oxidation sites excluding steroid dienone is 6. The highest BCUT2D eigenvalue weighted by molar-refractivity contribution is 5.39. The van der Waals surface area contributed by atoms with Crippen molar-refractivity contribution in [2.75, 3.05) is 0 Å². The zero-order valence-electron chi connectivity index (χ0n) is 4.67. The van der Waals surface area contributed by atoms with Crippen molar-refractivity contribution in [2.45, 2.75) is 6.42 Å². The van der Waals surface area contributed by atoms with E-state index in [9.17, 15) is 0 Å². The van der Waals surface area contributed by atoms with Gasteiger partial charge >= 0.3 is 0 Å². The molecule has 2 bridgehead atoms. The van der Waals surface area contributed by atoms with Crippen LogP contribution in [0.25, 0.3) is 0 Å². The highest BCUT2D eigenvalue weighted by Gasteiger charge is 2.07. The predicted molar refractivity (Wildman–Crippen MR) is 34.5 cm³/mol. The molecule has 0 heteroatoms. The fourth-order valence-electron chi connectivity index (χ4n) is 1.15. The number of fused-ring (bicyclic) bond motifs is 1. The molecule has 0 unspecified atom stereocenters. The third-order valence-electron chi connectivity index (χ3n) is 1.70. The molecule has 0 aromatic carbocycles. The van der Waals surface area contributed by atoms with E-state index in [-0.39, 0.29) is 0 Å². The van der Waals surface area contributed by atoms with Crippen LogP contribution >= 0.6 is 0 Å². The Hall–Kier alpha value is -0.780. The first kappa shape index (κ1) is 4.13. The van der Waals surface area contributed by atoms with Crippen LogP contribution in [-0.2, 0) is 0 Å². The number of hydrogen-bond acceptors (Lipinski definition) is 0. The maximum absolute atomic E-state index is 2.28. The second-order valence-corrected chi connectivity index (χ2v) is 2.32. The first-order valence-electron chi connectivity index (χ1n) is 3.02. The highest BCUT2D eigenvalue weighted by Crippen LogP contribution is 2.23. The topological polar surface area (TPSA) is 0 Å². The smallest absolute Gasteiger partial charge is 0.00120 e. The minimum atomic E-state index is 0.715. The molecule has 0 amide bonds. The van der Waals surface area contributed by atoms with E-state index in [1.807, 2.05) is 0 Å². The van der Waals surface area contributed by atoms with Gasteiger partial charge in [0.05, 0.1) is 0 Å². The molecule has 8 heavy (non-hydrogen) atoms. The van der Waals surface area contributed by atoms with E-state index >= 15 is 0 Å². The van der Waals surface area contributed by atoms with Crippen LogP contribution in [0, 0.1) is 5.92 Å². The Balaban J connectivity index is 2.47. The first-order valence-corrected chi connectivity index (χ1v) is 3.02. The maximum atomic E-state index is 2.28. The molecule has 0 nitrogen and oxygen atoms in total. The normalized spacial score (nSPS) is 24.2. The summed E-state index contributed by atoms with van der Waals surface area (Å²) < 4.78 is 0. The summed E-state index contributed by atoms with van der Waals surface area (Å²) in [5.41, 5.74) is 1.38. The molecule has 0 radical (unpaired) electrons. The lowest BCUT2D eigenvalue weighted by atomic mass is 9.90. The van der Waals surface area contributed by atoms with Gasteiger partial charge in [0, 0.05) is 0 Å². The van der Waals surface area contributed by atoms with Crippen molar-refractivity contribution in [1.29, 1.82) is 0 Å². The van der Waals surface area contributed by atoms with Crippen LogP contribution in [0.5, 0.6) is 0 Å². The van der Waals surface area contributed by atoms with Gasteiger partial charge < -0.3 is 0 Å². The van der Waals surface area contributed by atoms with E-state index in [4.69, 9.17) is 0 Å². The van der Waals surface area contributed by atoms with Crippen LogP contribution in [0.1, 0.15) is 6.42 Å². The maximum Gasteiger partial charge on any atom is -0.00120 e. The number of rotatable bonds is 0. The SMILES string of the molecule is C1=CC2C=CC1=CC2. The summed E-state index contributed by atoms with van der Waals surface area (Å²) in [6.45, 7) is 0. The van der Waals surface area contributed by atoms with Gasteiger partial charge in [-0.3, -0.25) is 0 Å². The van der Waals surface area contributed by atoms with Crippen molar-refractivity contribution < 1.29 is 0 Å². The molecule has 3 aliphatic rings. The van der Waals surface area contributed by atoms with Crippen molar-refractivity contribution in [3.05, 3.63) is 36.0 Å². The average Bonchev–Trinajstić information content (AvgIpc) is 1.92. The second-order valence-electron chi connectivity index (χ2n) is 2.32. The summed E-state index contributed by atoms with van der Waals surface area (Å²) in [6, 6.07) is 0. The summed E-state index contributed by atoms with van der Waals surface area (Å²) >= 11 is 0. The Morgan fingerprint density at radius 2 is 2.00 bits per heavy atom. The molecule has 0 aromatic rings. The van der Waals surface area contributed by atoms with Crippen molar-refractivity contribution in [3.8, 4) is 0 Å². The fraction of sp³-hybridized carbons (Fsp3) is 0.250. The Morgan fingerprint density at radius 3 is 2.12 bits per heavy atom. The van der Waals surface area contributed by atoms with E-state index in [0.29, 0.717) is 5.92 Å². The number of hydrogen-bond donors (Lipinski definition) is 0. The molecule has 40 valence electrons. The van der Waals surface area contributed by atoms with Crippen LogP contribution in [0.3, 0.4) is 0 Å². The first-order chi connectivity index (χ1) is 3.95. The molecule has 0 aromatic heterocycles. The molecule has 3 rings (SSSR count).